The van der Waals surface area contributed by atoms with E-state index in [1.165, 1.54) is 0 Å². The highest BCUT2D eigenvalue weighted by molar-refractivity contribution is 14.0. The van der Waals surface area contributed by atoms with Crippen LogP contribution in [0.3, 0.4) is 0 Å². The van der Waals surface area contributed by atoms with E-state index in [2.05, 4.69) is 29.5 Å². The average Bonchev–Trinajstić information content (AvgIpc) is 2.22. The third kappa shape index (κ3) is 15.7. The molecule has 0 saturated carbocycles. The number of alkyl halides is 3. The Morgan fingerprint density at radius 1 is 1.21 bits per heavy atom. The van der Waals surface area contributed by atoms with Crippen LogP contribution in [0.5, 0.6) is 0 Å². The van der Waals surface area contributed by atoms with Crippen molar-refractivity contribution < 1.29 is 13.2 Å². The van der Waals surface area contributed by atoms with Crippen molar-refractivity contribution in [2.75, 3.05) is 19.6 Å². The van der Waals surface area contributed by atoms with E-state index in [1.807, 2.05) is 6.92 Å². The van der Waals surface area contributed by atoms with E-state index in [4.69, 9.17) is 0 Å². The topological polar surface area (TPSA) is 36.4 Å². The summed E-state index contributed by atoms with van der Waals surface area (Å²) in [6.45, 7) is 7.29. The molecule has 0 rings (SSSR count). The van der Waals surface area contributed by atoms with Crippen LogP contribution in [-0.4, -0.2) is 31.8 Å². The van der Waals surface area contributed by atoms with Crippen LogP contribution < -0.4 is 10.6 Å². The summed E-state index contributed by atoms with van der Waals surface area (Å²) in [4.78, 5) is 4.23. The Balaban J connectivity index is 0. The molecule has 0 aliphatic rings. The van der Waals surface area contributed by atoms with Gasteiger partial charge in [0.2, 0.25) is 0 Å². The number of guanidine groups is 1. The third-order valence-electron chi connectivity index (χ3n) is 2.25. The normalized spacial score (nSPS) is 12.3. The highest BCUT2D eigenvalue weighted by Crippen LogP contribution is 2.17. The van der Waals surface area contributed by atoms with Gasteiger partial charge in [0.25, 0.3) is 0 Å². The molecule has 0 aromatic rings. The summed E-state index contributed by atoms with van der Waals surface area (Å²) in [7, 11) is 0. The van der Waals surface area contributed by atoms with Crippen LogP contribution in [0.15, 0.2) is 4.99 Å². The van der Waals surface area contributed by atoms with E-state index in [9.17, 15) is 13.2 Å². The molecule has 0 unspecified atom stereocenters. The van der Waals surface area contributed by atoms with Crippen LogP contribution in [0, 0.1) is 5.92 Å². The first kappa shape index (κ1) is 21.1. The van der Waals surface area contributed by atoms with Crippen molar-refractivity contribution in [2.45, 2.75) is 46.2 Å². The summed E-state index contributed by atoms with van der Waals surface area (Å²) in [5, 5.41) is 5.61. The highest BCUT2D eigenvalue weighted by Gasteiger charge is 2.26. The fraction of sp³-hybridized carbons (Fsp3) is 0.917. The van der Waals surface area contributed by atoms with Gasteiger partial charge in [0.05, 0.1) is 6.42 Å². The van der Waals surface area contributed by atoms with E-state index in [1.54, 1.807) is 0 Å². The molecule has 0 spiro atoms. The molecule has 116 valence electrons. The largest absolute Gasteiger partial charge is 0.390 e. The molecule has 0 aliphatic carbocycles. The summed E-state index contributed by atoms with van der Waals surface area (Å²) in [5.74, 6) is 1.09. The summed E-state index contributed by atoms with van der Waals surface area (Å²) in [6.07, 6.45) is -2.94. The van der Waals surface area contributed by atoms with Crippen molar-refractivity contribution in [2.24, 2.45) is 10.9 Å². The van der Waals surface area contributed by atoms with Crippen LogP contribution in [0.25, 0.3) is 0 Å². The zero-order valence-electron chi connectivity index (χ0n) is 11.8. The Kier molecular flexibility index (Phi) is 12.9. The zero-order valence-corrected chi connectivity index (χ0v) is 14.1. The third-order valence-corrected chi connectivity index (χ3v) is 2.25. The number of hydrogen-bond donors (Lipinski definition) is 2. The number of halogens is 4. The maximum Gasteiger partial charge on any atom is 0.390 e. The molecule has 0 saturated heterocycles. The lowest BCUT2D eigenvalue weighted by atomic mass is 10.1. The van der Waals surface area contributed by atoms with Crippen molar-refractivity contribution in [3.05, 3.63) is 0 Å². The second-order valence-corrected chi connectivity index (χ2v) is 4.59. The molecular formula is C12H25F3IN3. The molecule has 0 bridgehead atoms. The van der Waals surface area contributed by atoms with Gasteiger partial charge in [-0.15, -0.1) is 24.0 Å². The molecule has 0 fully saturated rings. The van der Waals surface area contributed by atoms with Crippen molar-refractivity contribution >= 4 is 29.9 Å². The van der Waals surface area contributed by atoms with Crippen LogP contribution >= 0.6 is 24.0 Å². The molecule has 0 aliphatic heterocycles. The van der Waals surface area contributed by atoms with Crippen LogP contribution in [-0.2, 0) is 0 Å². The van der Waals surface area contributed by atoms with Gasteiger partial charge in [-0.3, -0.25) is 4.99 Å². The van der Waals surface area contributed by atoms with E-state index in [0.717, 1.165) is 12.8 Å². The van der Waals surface area contributed by atoms with Gasteiger partial charge in [-0.25, -0.2) is 0 Å². The van der Waals surface area contributed by atoms with Gasteiger partial charge in [-0.2, -0.15) is 13.2 Å². The van der Waals surface area contributed by atoms with Crippen molar-refractivity contribution in [3.63, 3.8) is 0 Å². The Hall–Kier alpha value is -0.210. The summed E-state index contributed by atoms with van der Waals surface area (Å²) in [6, 6.07) is 0. The molecule has 0 amide bonds. The van der Waals surface area contributed by atoms with E-state index in [-0.39, 0.29) is 30.5 Å². The standard InChI is InChI=1S/C12H24F3N3.HI/c1-4-16-11(17-8-5-6-10(2)3)18-9-7-12(13,14)15;/h10H,4-9H2,1-3H3,(H2,16,17,18);1H. The second-order valence-electron chi connectivity index (χ2n) is 4.59. The fourth-order valence-corrected chi connectivity index (χ4v) is 1.35. The second kappa shape index (κ2) is 11.6. The predicted molar refractivity (Wildman–Crippen MR) is 84.1 cm³/mol. The first-order valence-electron chi connectivity index (χ1n) is 6.44. The lowest BCUT2D eigenvalue weighted by Crippen LogP contribution is -2.39. The van der Waals surface area contributed by atoms with Crippen LogP contribution in [0.1, 0.15) is 40.0 Å². The lowest BCUT2D eigenvalue weighted by molar-refractivity contribution is -0.132. The minimum atomic E-state index is -4.12. The average molecular weight is 395 g/mol. The van der Waals surface area contributed by atoms with E-state index >= 15 is 0 Å². The molecule has 2 N–H and O–H groups in total. The first-order valence-corrected chi connectivity index (χ1v) is 6.44. The van der Waals surface area contributed by atoms with Crippen LogP contribution in [0.4, 0.5) is 13.2 Å². The van der Waals surface area contributed by atoms with Gasteiger partial charge in [0.1, 0.15) is 0 Å². The SMILES string of the molecule is CCNC(=NCCCC(C)C)NCCC(F)(F)F.I. The monoisotopic (exact) mass is 395 g/mol. The van der Waals surface area contributed by atoms with Crippen molar-refractivity contribution in [1.82, 2.24) is 10.6 Å². The molecule has 19 heavy (non-hydrogen) atoms. The van der Waals surface area contributed by atoms with Crippen molar-refractivity contribution in [3.8, 4) is 0 Å². The zero-order chi connectivity index (χ0) is 14.0. The molecule has 0 heterocycles. The quantitative estimate of drug-likeness (QED) is 0.300. The number of aliphatic imine (C=N–C) groups is 1. The number of rotatable bonds is 7. The van der Waals surface area contributed by atoms with Gasteiger partial charge in [-0.05, 0) is 25.7 Å². The van der Waals surface area contributed by atoms with Crippen molar-refractivity contribution in [1.29, 1.82) is 0 Å². The molecule has 7 heteroatoms. The molecule has 0 aromatic carbocycles. The Morgan fingerprint density at radius 2 is 1.84 bits per heavy atom. The Labute approximate surface area is 130 Å². The predicted octanol–water partition coefficient (Wildman–Crippen LogP) is 3.55. The minimum absolute atomic E-state index is 0. The lowest BCUT2D eigenvalue weighted by Gasteiger charge is -2.12. The summed E-state index contributed by atoms with van der Waals surface area (Å²) in [5.41, 5.74) is 0. The smallest absolute Gasteiger partial charge is 0.357 e. The first-order chi connectivity index (χ1) is 8.35. The van der Waals surface area contributed by atoms with Gasteiger partial charge in [-0.1, -0.05) is 13.8 Å². The summed E-state index contributed by atoms with van der Waals surface area (Å²) >= 11 is 0. The maximum absolute atomic E-state index is 12.0. The van der Waals surface area contributed by atoms with Gasteiger partial charge >= 0.3 is 6.18 Å². The van der Waals surface area contributed by atoms with Gasteiger partial charge in [0.15, 0.2) is 5.96 Å². The van der Waals surface area contributed by atoms with Gasteiger partial charge in [0, 0.05) is 19.6 Å². The Morgan fingerprint density at radius 3 is 2.32 bits per heavy atom. The molecular weight excluding hydrogens is 370 g/mol. The molecule has 0 radical (unpaired) electrons. The number of nitrogens with zero attached hydrogens (tertiary/aromatic N) is 1. The fourth-order valence-electron chi connectivity index (χ4n) is 1.35. The van der Waals surface area contributed by atoms with E-state index < -0.39 is 12.6 Å². The number of hydrogen-bond acceptors (Lipinski definition) is 1. The number of nitrogens with one attached hydrogen (secondary N) is 2. The Bertz CT molecular complexity index is 243. The van der Waals surface area contributed by atoms with Gasteiger partial charge < -0.3 is 10.6 Å². The molecule has 0 atom stereocenters. The molecule has 0 aromatic heterocycles. The summed E-state index contributed by atoms with van der Waals surface area (Å²) < 4.78 is 36.0. The van der Waals surface area contributed by atoms with E-state index in [0.29, 0.717) is 25.0 Å². The van der Waals surface area contributed by atoms with Crippen LogP contribution in [0.2, 0.25) is 0 Å². The highest BCUT2D eigenvalue weighted by atomic mass is 127. The molecule has 3 nitrogen and oxygen atoms in total. The maximum atomic E-state index is 12.0. The minimum Gasteiger partial charge on any atom is -0.357 e.